The molecule has 3 rings (SSSR count). The fourth-order valence-electron chi connectivity index (χ4n) is 3.24. The SMILES string of the molecule is COc1ccc(C(=O)N2CCCN(C(=O)N[C@H](C)c3ccccc3)CC2)cn1. The van der Waals surface area contributed by atoms with Crippen molar-refractivity contribution in [1.82, 2.24) is 20.1 Å². The number of carbonyl (C=O) groups excluding carboxylic acids is 2. The third-order valence-corrected chi connectivity index (χ3v) is 4.90. The van der Waals surface area contributed by atoms with Crippen molar-refractivity contribution in [1.29, 1.82) is 0 Å². The van der Waals surface area contributed by atoms with Crippen LogP contribution in [-0.2, 0) is 0 Å². The number of ether oxygens (including phenoxy) is 1. The first-order valence-corrected chi connectivity index (χ1v) is 9.48. The number of methoxy groups -OCH3 is 1. The van der Waals surface area contributed by atoms with Crippen LogP contribution < -0.4 is 10.1 Å². The summed E-state index contributed by atoms with van der Waals surface area (Å²) in [4.78, 5) is 33.0. The van der Waals surface area contributed by atoms with Gasteiger partial charge in [0.25, 0.3) is 5.91 Å². The van der Waals surface area contributed by atoms with Gasteiger partial charge < -0.3 is 19.9 Å². The number of nitrogens with one attached hydrogen (secondary N) is 1. The molecular weight excluding hydrogens is 356 g/mol. The van der Waals surface area contributed by atoms with Crippen molar-refractivity contribution in [2.24, 2.45) is 0 Å². The predicted octanol–water partition coefficient (Wildman–Crippen LogP) is 2.71. The van der Waals surface area contributed by atoms with Crippen LogP contribution in [-0.4, -0.2) is 60.0 Å². The van der Waals surface area contributed by atoms with Crippen LogP contribution in [0.15, 0.2) is 48.7 Å². The minimum atomic E-state index is -0.100. The monoisotopic (exact) mass is 382 g/mol. The van der Waals surface area contributed by atoms with Crippen molar-refractivity contribution in [2.45, 2.75) is 19.4 Å². The van der Waals surface area contributed by atoms with Crippen molar-refractivity contribution < 1.29 is 14.3 Å². The molecule has 1 aromatic heterocycles. The molecule has 1 aliphatic heterocycles. The standard InChI is InChI=1S/C21H26N4O3/c1-16(17-7-4-3-5-8-17)23-21(27)25-12-6-11-24(13-14-25)20(26)18-9-10-19(28-2)22-15-18/h3-5,7-10,15-16H,6,11-14H2,1-2H3,(H,23,27)/t16-/m1/s1. The number of amides is 3. The lowest BCUT2D eigenvalue weighted by Crippen LogP contribution is -2.43. The number of nitrogens with zero attached hydrogens (tertiary/aromatic N) is 3. The lowest BCUT2D eigenvalue weighted by Gasteiger charge is -2.24. The Morgan fingerprint density at radius 3 is 2.43 bits per heavy atom. The Morgan fingerprint density at radius 1 is 1.04 bits per heavy atom. The number of pyridine rings is 1. The number of carbonyl (C=O) groups is 2. The molecule has 1 saturated heterocycles. The number of benzene rings is 1. The second-order valence-electron chi connectivity index (χ2n) is 6.80. The molecule has 0 radical (unpaired) electrons. The van der Waals surface area contributed by atoms with Gasteiger partial charge in [0.2, 0.25) is 5.88 Å². The Morgan fingerprint density at radius 2 is 1.75 bits per heavy atom. The molecule has 0 saturated carbocycles. The number of aromatic nitrogens is 1. The van der Waals surface area contributed by atoms with Crippen LogP contribution in [0.2, 0.25) is 0 Å². The average Bonchev–Trinajstić information content (AvgIpc) is 3.00. The molecule has 148 valence electrons. The quantitative estimate of drug-likeness (QED) is 0.882. The van der Waals surface area contributed by atoms with E-state index in [-0.39, 0.29) is 18.0 Å². The maximum atomic E-state index is 12.7. The number of hydrogen-bond donors (Lipinski definition) is 1. The molecule has 2 heterocycles. The van der Waals surface area contributed by atoms with Gasteiger partial charge in [-0.05, 0) is 25.0 Å². The van der Waals surface area contributed by atoms with E-state index >= 15 is 0 Å². The maximum absolute atomic E-state index is 12.7. The first kappa shape index (κ1) is 19.7. The van der Waals surface area contributed by atoms with E-state index < -0.39 is 0 Å². The van der Waals surface area contributed by atoms with Crippen LogP contribution in [0, 0.1) is 0 Å². The van der Waals surface area contributed by atoms with Crippen molar-refractivity contribution in [3.8, 4) is 5.88 Å². The minimum Gasteiger partial charge on any atom is -0.481 e. The molecule has 0 spiro atoms. The van der Waals surface area contributed by atoms with Crippen molar-refractivity contribution in [3.05, 3.63) is 59.8 Å². The number of urea groups is 1. The van der Waals surface area contributed by atoms with Gasteiger partial charge in [0.15, 0.2) is 0 Å². The van der Waals surface area contributed by atoms with Gasteiger partial charge in [-0.1, -0.05) is 30.3 Å². The van der Waals surface area contributed by atoms with Crippen molar-refractivity contribution in [3.63, 3.8) is 0 Å². The van der Waals surface area contributed by atoms with Gasteiger partial charge in [-0.3, -0.25) is 4.79 Å². The summed E-state index contributed by atoms with van der Waals surface area (Å²) in [5.41, 5.74) is 1.59. The van der Waals surface area contributed by atoms with E-state index in [1.54, 1.807) is 21.9 Å². The highest BCUT2D eigenvalue weighted by Gasteiger charge is 2.24. The second-order valence-corrected chi connectivity index (χ2v) is 6.80. The Labute approximate surface area is 165 Å². The third kappa shape index (κ3) is 4.79. The fourth-order valence-corrected chi connectivity index (χ4v) is 3.24. The summed E-state index contributed by atoms with van der Waals surface area (Å²) >= 11 is 0. The molecule has 0 aliphatic carbocycles. The van der Waals surface area contributed by atoms with Crippen LogP contribution >= 0.6 is 0 Å². The van der Waals surface area contributed by atoms with E-state index in [1.807, 2.05) is 37.3 Å². The molecule has 3 amide bonds. The molecule has 0 bridgehead atoms. The van der Waals surface area contributed by atoms with Gasteiger partial charge in [0.1, 0.15) is 0 Å². The van der Waals surface area contributed by atoms with Crippen LogP contribution in [0.4, 0.5) is 4.79 Å². The highest BCUT2D eigenvalue weighted by atomic mass is 16.5. The number of rotatable bonds is 4. The van der Waals surface area contributed by atoms with Gasteiger partial charge in [0, 0.05) is 38.4 Å². The normalized spacial score (nSPS) is 15.5. The average molecular weight is 382 g/mol. The molecule has 1 atom stereocenters. The lowest BCUT2D eigenvalue weighted by atomic mass is 10.1. The summed E-state index contributed by atoms with van der Waals surface area (Å²) in [7, 11) is 1.54. The van der Waals surface area contributed by atoms with Gasteiger partial charge in [-0.25, -0.2) is 9.78 Å². The summed E-state index contributed by atoms with van der Waals surface area (Å²) < 4.78 is 5.03. The van der Waals surface area contributed by atoms with Crippen LogP contribution in [0.5, 0.6) is 5.88 Å². The van der Waals surface area contributed by atoms with Gasteiger partial charge >= 0.3 is 6.03 Å². The molecule has 1 fully saturated rings. The topological polar surface area (TPSA) is 74.8 Å². The Bertz CT molecular complexity index is 795. The first-order valence-electron chi connectivity index (χ1n) is 9.48. The van der Waals surface area contributed by atoms with E-state index in [9.17, 15) is 9.59 Å². The largest absolute Gasteiger partial charge is 0.481 e. The van der Waals surface area contributed by atoms with Crippen LogP contribution in [0.25, 0.3) is 0 Å². The highest BCUT2D eigenvalue weighted by Crippen LogP contribution is 2.14. The van der Waals surface area contributed by atoms with Crippen LogP contribution in [0.3, 0.4) is 0 Å². The Kier molecular flexibility index (Phi) is 6.47. The van der Waals surface area contributed by atoms with E-state index in [0.717, 1.165) is 12.0 Å². The maximum Gasteiger partial charge on any atom is 0.317 e. The molecule has 7 heteroatoms. The summed E-state index contributed by atoms with van der Waals surface area (Å²) in [6.07, 6.45) is 2.26. The summed E-state index contributed by atoms with van der Waals surface area (Å²) in [6.45, 7) is 4.21. The third-order valence-electron chi connectivity index (χ3n) is 4.90. The van der Waals surface area contributed by atoms with Crippen molar-refractivity contribution in [2.75, 3.05) is 33.3 Å². The lowest BCUT2D eigenvalue weighted by molar-refractivity contribution is 0.0761. The second kappa shape index (κ2) is 9.21. The zero-order valence-electron chi connectivity index (χ0n) is 16.3. The van der Waals surface area contributed by atoms with Gasteiger partial charge in [-0.15, -0.1) is 0 Å². The molecule has 1 aliphatic rings. The van der Waals surface area contributed by atoms with Crippen LogP contribution in [0.1, 0.15) is 35.3 Å². The zero-order valence-corrected chi connectivity index (χ0v) is 16.3. The highest BCUT2D eigenvalue weighted by molar-refractivity contribution is 5.94. The van der Waals surface area contributed by atoms with Gasteiger partial charge in [-0.2, -0.15) is 0 Å². The molecule has 2 aromatic rings. The van der Waals surface area contributed by atoms with Crippen molar-refractivity contribution >= 4 is 11.9 Å². The Hall–Kier alpha value is -3.09. The summed E-state index contributed by atoms with van der Waals surface area (Å²) in [5, 5.41) is 3.04. The minimum absolute atomic E-state index is 0.0694. The summed E-state index contributed by atoms with van der Waals surface area (Å²) in [5.74, 6) is 0.401. The molecule has 1 N–H and O–H groups in total. The first-order chi connectivity index (χ1) is 13.6. The molecule has 1 aromatic carbocycles. The summed E-state index contributed by atoms with van der Waals surface area (Å²) in [6, 6.07) is 13.1. The van der Waals surface area contributed by atoms with E-state index in [0.29, 0.717) is 37.6 Å². The molecule has 0 unspecified atom stereocenters. The smallest absolute Gasteiger partial charge is 0.317 e. The van der Waals surface area contributed by atoms with E-state index in [1.165, 1.54) is 13.3 Å². The fraction of sp³-hybridized carbons (Fsp3) is 0.381. The molecule has 7 nitrogen and oxygen atoms in total. The zero-order chi connectivity index (χ0) is 19.9. The molecular formula is C21H26N4O3. The predicted molar refractivity (Wildman–Crippen MR) is 106 cm³/mol. The molecule has 28 heavy (non-hydrogen) atoms. The van der Waals surface area contributed by atoms with E-state index in [2.05, 4.69) is 10.3 Å². The van der Waals surface area contributed by atoms with E-state index in [4.69, 9.17) is 4.74 Å². The van der Waals surface area contributed by atoms with Gasteiger partial charge in [0.05, 0.1) is 18.7 Å². The Balaban J connectivity index is 1.56. The number of hydrogen-bond acceptors (Lipinski definition) is 4.